The molecule has 72 valence electrons. The maximum atomic E-state index is 9.57. The van der Waals surface area contributed by atoms with E-state index in [4.69, 9.17) is 0 Å². The molecule has 0 bridgehead atoms. The molecule has 0 spiro atoms. The summed E-state index contributed by atoms with van der Waals surface area (Å²) in [4.78, 5) is 0. The van der Waals surface area contributed by atoms with E-state index in [9.17, 15) is 5.11 Å². The first kappa shape index (κ1) is 11.3. The number of aliphatic hydroxyl groups is 1. The van der Waals surface area contributed by atoms with E-state index in [2.05, 4.69) is 24.1 Å². The molecule has 3 heteroatoms. The number of thiophene rings is 1. The van der Waals surface area contributed by atoms with Crippen LogP contribution in [0.3, 0.4) is 0 Å². The molecule has 0 aliphatic heterocycles. The average molecular weight is 310 g/mol. The molecule has 0 aliphatic carbocycles. The molecule has 1 aromatic heterocycles. The molecular weight excluding hydrogens is 296 g/mol. The molecule has 1 rings (SSSR count). The van der Waals surface area contributed by atoms with Gasteiger partial charge in [-0.2, -0.15) is 0 Å². The summed E-state index contributed by atoms with van der Waals surface area (Å²) in [6.45, 7) is 3.64. The number of hydrogen-bond acceptors (Lipinski definition) is 2. The summed E-state index contributed by atoms with van der Waals surface area (Å²) >= 11 is 1.68. The second-order valence-corrected chi connectivity index (χ2v) is 7.55. The van der Waals surface area contributed by atoms with Gasteiger partial charge in [0, 0.05) is 0 Å². The summed E-state index contributed by atoms with van der Waals surface area (Å²) in [5.41, 5.74) is 0. The van der Waals surface area contributed by atoms with Crippen molar-refractivity contribution in [3.63, 3.8) is 0 Å². The van der Waals surface area contributed by atoms with Crippen LogP contribution >= 0.6 is 11.3 Å². The first-order valence-corrected chi connectivity index (χ1v) is 7.97. The van der Waals surface area contributed by atoms with E-state index in [1.54, 1.807) is 0 Å². The monoisotopic (exact) mass is 312 g/mol. The van der Waals surface area contributed by atoms with Gasteiger partial charge >= 0.3 is 93.9 Å². The van der Waals surface area contributed by atoms with Gasteiger partial charge in [0.25, 0.3) is 0 Å². The fourth-order valence-electron chi connectivity index (χ4n) is 0.918. The summed E-state index contributed by atoms with van der Waals surface area (Å²) in [5, 5.41) is 11.7. The molecule has 1 heterocycles. The third kappa shape index (κ3) is 4.83. The zero-order chi connectivity index (χ0) is 9.52. The molecule has 1 unspecified atom stereocenters. The second kappa shape index (κ2) is 6.61. The van der Waals surface area contributed by atoms with Crippen molar-refractivity contribution in [3.05, 3.63) is 30.2 Å². The van der Waals surface area contributed by atoms with Crippen LogP contribution in [0.1, 0.15) is 12.8 Å². The Bertz CT molecular complexity index is 233. The van der Waals surface area contributed by atoms with Crippen LogP contribution in [0.25, 0.3) is 0 Å². The molecule has 0 saturated heterocycles. The van der Waals surface area contributed by atoms with Gasteiger partial charge in [0.1, 0.15) is 0 Å². The van der Waals surface area contributed by atoms with E-state index in [1.807, 2.05) is 17.4 Å². The van der Waals surface area contributed by atoms with E-state index in [1.165, 1.54) is 2.93 Å². The normalized spacial score (nSPS) is 12.7. The number of hydrogen-bond donors (Lipinski definition) is 1. The minimum absolute atomic E-state index is 0.109. The van der Waals surface area contributed by atoms with Crippen LogP contribution in [-0.4, -0.2) is 32.1 Å². The van der Waals surface area contributed by atoms with Gasteiger partial charge in [-0.15, -0.1) is 0 Å². The Morgan fingerprint density at radius 2 is 2.54 bits per heavy atom. The fourth-order valence-corrected chi connectivity index (χ4v) is 4.94. The quantitative estimate of drug-likeness (QED) is 0.628. The van der Waals surface area contributed by atoms with Crippen LogP contribution in [0.4, 0.5) is 0 Å². The van der Waals surface area contributed by atoms with Gasteiger partial charge in [0.2, 0.25) is 0 Å². The predicted molar refractivity (Wildman–Crippen MR) is 60.0 cm³/mol. The van der Waals surface area contributed by atoms with Crippen LogP contribution in [0, 0.1) is 0 Å². The summed E-state index contributed by atoms with van der Waals surface area (Å²) < 4.78 is 2.49. The van der Waals surface area contributed by atoms with Crippen LogP contribution in [0.15, 0.2) is 30.2 Å². The Morgan fingerprint density at radius 1 is 1.69 bits per heavy atom. The van der Waals surface area contributed by atoms with Gasteiger partial charge in [-0.3, -0.25) is 0 Å². The van der Waals surface area contributed by atoms with Crippen LogP contribution in [0.2, 0.25) is 4.47 Å². The molecule has 1 aromatic rings. The van der Waals surface area contributed by atoms with Gasteiger partial charge in [-0.1, -0.05) is 0 Å². The molecular formula is C10H14OSTe. The first-order valence-electron chi connectivity index (χ1n) is 4.28. The van der Waals surface area contributed by atoms with Crippen molar-refractivity contribution in [1.29, 1.82) is 0 Å². The first-order chi connectivity index (χ1) is 6.33. The summed E-state index contributed by atoms with van der Waals surface area (Å²) in [6.07, 6.45) is 3.56. The molecule has 0 aromatic carbocycles. The molecule has 0 amide bonds. The summed E-state index contributed by atoms with van der Waals surface area (Å²) in [6, 6.07) is 4.26. The van der Waals surface area contributed by atoms with Crippen molar-refractivity contribution in [3.8, 4) is 0 Å². The third-order valence-corrected chi connectivity index (χ3v) is 6.67. The van der Waals surface area contributed by atoms with Gasteiger partial charge in [-0.25, -0.2) is 0 Å². The Hall–Kier alpha value is 0.190. The van der Waals surface area contributed by atoms with E-state index >= 15 is 0 Å². The fraction of sp³-hybridized carbons (Fsp3) is 0.400. The van der Waals surface area contributed by atoms with E-state index < -0.39 is 0 Å². The van der Waals surface area contributed by atoms with Crippen LogP contribution in [0.5, 0.6) is 0 Å². The van der Waals surface area contributed by atoms with Crippen LogP contribution < -0.4 is 2.93 Å². The van der Waals surface area contributed by atoms with Crippen molar-refractivity contribution in [1.82, 2.24) is 0 Å². The molecule has 1 atom stereocenters. The Balaban J connectivity index is 2.15. The molecule has 0 radical (unpaired) electrons. The molecule has 1 nitrogen and oxygen atoms in total. The van der Waals surface area contributed by atoms with Crippen molar-refractivity contribution in [2.24, 2.45) is 0 Å². The predicted octanol–water partition coefficient (Wildman–Crippen LogP) is 1.82. The molecule has 1 N–H and O–H groups in total. The standard InChI is InChI=1S/C10H14OSTe/c1-2-3-5-9(11)8-13-10-6-4-7-12-10/h2,4,6-7,9,11H,1,3,5,8H2. The Labute approximate surface area is 93.6 Å². The minimum atomic E-state index is -0.133. The second-order valence-electron chi connectivity index (χ2n) is 2.76. The number of aliphatic hydroxyl groups excluding tert-OH is 1. The van der Waals surface area contributed by atoms with Crippen LogP contribution in [-0.2, 0) is 0 Å². The van der Waals surface area contributed by atoms with Gasteiger partial charge < -0.3 is 0 Å². The van der Waals surface area contributed by atoms with E-state index in [0.29, 0.717) is 0 Å². The average Bonchev–Trinajstić information content (AvgIpc) is 2.64. The Morgan fingerprint density at radius 3 is 3.15 bits per heavy atom. The molecule has 0 aliphatic rings. The van der Waals surface area contributed by atoms with Gasteiger partial charge in [0.15, 0.2) is 0 Å². The van der Waals surface area contributed by atoms with Crippen molar-refractivity contribution < 1.29 is 5.11 Å². The molecule has 0 fully saturated rings. The molecule has 0 saturated carbocycles. The molecule has 13 heavy (non-hydrogen) atoms. The Kier molecular flexibility index (Phi) is 5.73. The van der Waals surface area contributed by atoms with Gasteiger partial charge in [-0.05, 0) is 0 Å². The zero-order valence-electron chi connectivity index (χ0n) is 7.48. The SMILES string of the molecule is C=CCCC(O)C[Te]c1cccs1. The summed E-state index contributed by atoms with van der Waals surface area (Å²) in [7, 11) is 0. The van der Waals surface area contributed by atoms with E-state index in [-0.39, 0.29) is 27.0 Å². The third-order valence-electron chi connectivity index (χ3n) is 1.62. The summed E-state index contributed by atoms with van der Waals surface area (Å²) in [5.74, 6) is 0. The number of rotatable bonds is 6. The van der Waals surface area contributed by atoms with E-state index in [0.717, 1.165) is 17.3 Å². The van der Waals surface area contributed by atoms with Gasteiger partial charge in [0.05, 0.1) is 0 Å². The van der Waals surface area contributed by atoms with Crippen molar-refractivity contribution in [2.75, 3.05) is 0 Å². The topological polar surface area (TPSA) is 20.2 Å². The number of allylic oxidation sites excluding steroid dienone is 1. The zero-order valence-corrected chi connectivity index (χ0v) is 10.6. The van der Waals surface area contributed by atoms with Crippen molar-refractivity contribution >= 4 is 35.2 Å². The maximum absolute atomic E-state index is 9.57. The van der Waals surface area contributed by atoms with Crippen molar-refractivity contribution in [2.45, 2.75) is 23.4 Å².